The van der Waals surface area contributed by atoms with E-state index in [1.807, 2.05) is 49.4 Å². The van der Waals surface area contributed by atoms with Gasteiger partial charge in [0.05, 0.1) is 0 Å². The van der Waals surface area contributed by atoms with Crippen molar-refractivity contribution in [2.24, 2.45) is 11.7 Å². The first-order valence-electron chi connectivity index (χ1n) is 9.02. The monoisotopic (exact) mass is 391 g/mol. The molecule has 0 aromatic heterocycles. The molecule has 4 N–H and O–H groups in total. The number of rotatable bonds is 8. The number of amides is 1. The third kappa shape index (κ3) is 6.45. The minimum Gasteiger partial charge on any atom is -0.492 e. The van der Waals surface area contributed by atoms with E-state index in [1.54, 1.807) is 0 Å². The molecule has 6 heteroatoms. The molecule has 0 aliphatic heterocycles. The van der Waals surface area contributed by atoms with E-state index in [2.05, 4.69) is 31.4 Å². The van der Waals surface area contributed by atoms with Gasteiger partial charge in [0, 0.05) is 29.5 Å². The number of anilines is 2. The maximum absolute atomic E-state index is 12.7. The van der Waals surface area contributed by atoms with Crippen molar-refractivity contribution < 1.29 is 9.53 Å². The van der Waals surface area contributed by atoms with Crippen LogP contribution in [-0.4, -0.2) is 25.1 Å². The standard InChI is InChI=1S/C21H29N3O2.ClH/c1-14(2)16(4)23-20-7-5-6-19(15(20)3)21(25)24-17-8-10-18(11-9-17)26-13-12-22;/h5-11,14,16,23H,12-13,22H2,1-4H3,(H,24,25);1H. The van der Waals surface area contributed by atoms with Crippen molar-refractivity contribution in [2.75, 3.05) is 23.8 Å². The SMILES string of the molecule is Cc1c(NC(C)C(C)C)cccc1C(=O)Nc1ccc(OCCN)cc1.Cl. The molecule has 0 saturated carbocycles. The van der Waals surface area contributed by atoms with E-state index in [0.717, 1.165) is 22.7 Å². The van der Waals surface area contributed by atoms with Crippen LogP contribution in [0.5, 0.6) is 5.75 Å². The first kappa shape index (κ1) is 22.8. The van der Waals surface area contributed by atoms with Crippen LogP contribution in [0.4, 0.5) is 11.4 Å². The Morgan fingerprint density at radius 1 is 1.11 bits per heavy atom. The molecule has 0 bridgehead atoms. The normalized spacial score (nSPS) is 11.5. The summed E-state index contributed by atoms with van der Waals surface area (Å²) >= 11 is 0. The molecule has 0 fully saturated rings. The summed E-state index contributed by atoms with van der Waals surface area (Å²) in [4.78, 5) is 12.7. The first-order chi connectivity index (χ1) is 12.4. The van der Waals surface area contributed by atoms with Crippen LogP contribution >= 0.6 is 12.4 Å². The van der Waals surface area contributed by atoms with Crippen LogP contribution in [0.2, 0.25) is 0 Å². The lowest BCUT2D eigenvalue weighted by Gasteiger charge is -2.21. The highest BCUT2D eigenvalue weighted by Crippen LogP contribution is 2.23. The Bertz CT molecular complexity index is 733. The zero-order chi connectivity index (χ0) is 19.1. The van der Waals surface area contributed by atoms with Crippen molar-refractivity contribution >= 4 is 29.7 Å². The van der Waals surface area contributed by atoms with Crippen LogP contribution in [0.3, 0.4) is 0 Å². The fourth-order valence-corrected chi connectivity index (χ4v) is 2.46. The largest absolute Gasteiger partial charge is 0.492 e. The zero-order valence-corrected chi connectivity index (χ0v) is 17.2. The molecular formula is C21H30ClN3O2. The number of halogens is 1. The van der Waals surface area contributed by atoms with Gasteiger partial charge in [0.15, 0.2) is 0 Å². The number of benzene rings is 2. The van der Waals surface area contributed by atoms with E-state index < -0.39 is 0 Å². The molecule has 27 heavy (non-hydrogen) atoms. The van der Waals surface area contributed by atoms with Gasteiger partial charge in [-0.15, -0.1) is 12.4 Å². The lowest BCUT2D eigenvalue weighted by atomic mass is 10.0. The molecule has 1 unspecified atom stereocenters. The average Bonchev–Trinajstić information content (AvgIpc) is 2.62. The number of carbonyl (C=O) groups excluding carboxylic acids is 1. The maximum Gasteiger partial charge on any atom is 0.256 e. The minimum atomic E-state index is -0.126. The number of hydrogen-bond donors (Lipinski definition) is 3. The molecule has 148 valence electrons. The van der Waals surface area contributed by atoms with Crippen LogP contribution in [-0.2, 0) is 0 Å². The molecule has 1 atom stereocenters. The Balaban J connectivity index is 0.00000364. The van der Waals surface area contributed by atoms with E-state index in [9.17, 15) is 4.79 Å². The van der Waals surface area contributed by atoms with Crippen molar-refractivity contribution in [3.8, 4) is 5.75 Å². The predicted octanol–water partition coefficient (Wildman–Crippen LogP) is 4.46. The van der Waals surface area contributed by atoms with E-state index in [-0.39, 0.29) is 18.3 Å². The highest BCUT2D eigenvalue weighted by atomic mass is 35.5. The predicted molar refractivity (Wildman–Crippen MR) is 115 cm³/mol. The molecule has 5 nitrogen and oxygen atoms in total. The van der Waals surface area contributed by atoms with Gasteiger partial charge in [-0.1, -0.05) is 19.9 Å². The molecule has 0 aliphatic rings. The Morgan fingerprint density at radius 2 is 1.78 bits per heavy atom. The first-order valence-corrected chi connectivity index (χ1v) is 9.02. The molecule has 0 heterocycles. The Hall–Kier alpha value is -2.24. The van der Waals surface area contributed by atoms with E-state index in [0.29, 0.717) is 30.7 Å². The quantitative estimate of drug-likeness (QED) is 0.620. The highest BCUT2D eigenvalue weighted by molar-refractivity contribution is 6.06. The number of carbonyl (C=O) groups is 1. The van der Waals surface area contributed by atoms with Gasteiger partial charge < -0.3 is 21.1 Å². The maximum atomic E-state index is 12.7. The van der Waals surface area contributed by atoms with Crippen molar-refractivity contribution in [1.29, 1.82) is 0 Å². The Labute approximate surface area is 168 Å². The molecule has 2 aromatic rings. The number of hydrogen-bond acceptors (Lipinski definition) is 4. The number of nitrogens with two attached hydrogens (primary N) is 1. The van der Waals surface area contributed by atoms with Crippen LogP contribution in [0, 0.1) is 12.8 Å². The van der Waals surface area contributed by atoms with Gasteiger partial charge in [0.25, 0.3) is 5.91 Å². The third-order valence-electron chi connectivity index (χ3n) is 4.46. The van der Waals surface area contributed by atoms with Gasteiger partial charge in [0.1, 0.15) is 12.4 Å². The second-order valence-corrected chi connectivity index (χ2v) is 6.77. The van der Waals surface area contributed by atoms with E-state index in [4.69, 9.17) is 10.5 Å². The number of nitrogens with one attached hydrogen (secondary N) is 2. The zero-order valence-electron chi connectivity index (χ0n) is 16.4. The van der Waals surface area contributed by atoms with Crippen molar-refractivity contribution in [1.82, 2.24) is 0 Å². The van der Waals surface area contributed by atoms with Crippen LogP contribution in [0.1, 0.15) is 36.7 Å². The molecule has 2 aromatic carbocycles. The van der Waals surface area contributed by atoms with E-state index in [1.165, 1.54) is 0 Å². The third-order valence-corrected chi connectivity index (χ3v) is 4.46. The highest BCUT2D eigenvalue weighted by Gasteiger charge is 2.14. The Kier molecular flexibility index (Phi) is 9.12. The summed E-state index contributed by atoms with van der Waals surface area (Å²) in [7, 11) is 0. The summed E-state index contributed by atoms with van der Waals surface area (Å²) in [6.07, 6.45) is 0. The second-order valence-electron chi connectivity index (χ2n) is 6.77. The van der Waals surface area contributed by atoms with Crippen LogP contribution < -0.4 is 21.1 Å². The smallest absolute Gasteiger partial charge is 0.256 e. The molecule has 0 saturated heterocycles. The van der Waals surface area contributed by atoms with Crippen molar-refractivity contribution in [3.63, 3.8) is 0 Å². The van der Waals surface area contributed by atoms with Gasteiger partial charge in [-0.05, 0) is 61.7 Å². The Morgan fingerprint density at radius 3 is 2.37 bits per heavy atom. The topological polar surface area (TPSA) is 76.4 Å². The average molecular weight is 392 g/mol. The van der Waals surface area contributed by atoms with E-state index >= 15 is 0 Å². The van der Waals surface area contributed by atoms with Gasteiger partial charge >= 0.3 is 0 Å². The van der Waals surface area contributed by atoms with Crippen LogP contribution in [0.15, 0.2) is 42.5 Å². The summed E-state index contributed by atoms with van der Waals surface area (Å²) in [5.74, 6) is 1.12. The molecule has 1 amide bonds. The summed E-state index contributed by atoms with van der Waals surface area (Å²) in [6, 6.07) is 13.4. The summed E-state index contributed by atoms with van der Waals surface area (Å²) in [5.41, 5.74) is 8.74. The van der Waals surface area contributed by atoms with Crippen molar-refractivity contribution in [3.05, 3.63) is 53.6 Å². The van der Waals surface area contributed by atoms with Gasteiger partial charge in [-0.2, -0.15) is 0 Å². The summed E-state index contributed by atoms with van der Waals surface area (Å²) < 4.78 is 5.44. The number of ether oxygens (including phenoxy) is 1. The molecule has 0 aliphatic carbocycles. The van der Waals surface area contributed by atoms with Crippen molar-refractivity contribution in [2.45, 2.75) is 33.7 Å². The lowest BCUT2D eigenvalue weighted by molar-refractivity contribution is 0.102. The fraction of sp³-hybridized carbons (Fsp3) is 0.381. The van der Waals surface area contributed by atoms with Crippen LogP contribution in [0.25, 0.3) is 0 Å². The molecule has 2 rings (SSSR count). The summed E-state index contributed by atoms with van der Waals surface area (Å²) in [5, 5.41) is 6.43. The molecule has 0 radical (unpaired) electrons. The second kappa shape index (κ2) is 10.8. The fourth-order valence-electron chi connectivity index (χ4n) is 2.46. The van der Waals surface area contributed by atoms with Gasteiger partial charge in [0.2, 0.25) is 0 Å². The minimum absolute atomic E-state index is 0. The molecule has 0 spiro atoms. The lowest BCUT2D eigenvalue weighted by Crippen LogP contribution is -2.23. The summed E-state index contributed by atoms with van der Waals surface area (Å²) in [6.45, 7) is 9.39. The molecular weight excluding hydrogens is 362 g/mol. The van der Waals surface area contributed by atoms with Gasteiger partial charge in [-0.25, -0.2) is 0 Å². The van der Waals surface area contributed by atoms with Gasteiger partial charge in [-0.3, -0.25) is 4.79 Å².